The normalized spacial score (nSPS) is 12.0. The number of alkyl carbamates (subject to hydrolysis) is 1. The predicted octanol–water partition coefficient (Wildman–Crippen LogP) is 2.77. The predicted molar refractivity (Wildman–Crippen MR) is 94.9 cm³/mol. The van der Waals surface area contributed by atoms with Crippen LogP contribution in [0, 0.1) is 0 Å². The van der Waals surface area contributed by atoms with E-state index in [9.17, 15) is 13.2 Å². The second-order valence-corrected chi connectivity index (χ2v) is 8.47. The number of hydrogen-bond donors (Lipinski definition) is 3. The minimum Gasteiger partial charge on any atom is -0.444 e. The van der Waals surface area contributed by atoms with Gasteiger partial charge in [0.15, 0.2) is 0 Å². The van der Waals surface area contributed by atoms with Crippen molar-refractivity contribution >= 4 is 45.0 Å². The quantitative estimate of drug-likeness (QED) is 0.504. The van der Waals surface area contributed by atoms with Crippen LogP contribution in [0.15, 0.2) is 17.0 Å². The molecule has 0 bridgehead atoms. The van der Waals surface area contributed by atoms with Gasteiger partial charge < -0.3 is 15.8 Å². The van der Waals surface area contributed by atoms with Crippen molar-refractivity contribution in [1.29, 1.82) is 0 Å². The molecule has 0 aliphatic heterocycles. The van der Waals surface area contributed by atoms with Gasteiger partial charge in [0.25, 0.3) is 0 Å². The Hall–Kier alpha value is -1.22. The Morgan fingerprint density at radius 2 is 1.88 bits per heavy atom. The fourth-order valence-corrected chi connectivity index (χ4v) is 3.47. The number of amides is 1. The van der Waals surface area contributed by atoms with E-state index < -0.39 is 21.7 Å². The molecular formula is C14H21Cl2N3O4S. The van der Waals surface area contributed by atoms with Gasteiger partial charge in [0.05, 0.1) is 15.7 Å². The van der Waals surface area contributed by atoms with Crippen LogP contribution in [0.4, 0.5) is 10.5 Å². The van der Waals surface area contributed by atoms with Gasteiger partial charge in [-0.15, -0.1) is 0 Å². The summed E-state index contributed by atoms with van der Waals surface area (Å²) in [5, 5.41) is 2.59. The standard InChI is InChI=1S/C14H21Cl2N3O4S/c1-14(2,3)23-13(20)18-7-4-8-19-24(21,22)10-6-5-9(15)12(17)11(10)16/h5-6,19H,4,7-8,17H2,1-3H3,(H,18,20). The summed E-state index contributed by atoms with van der Waals surface area (Å²) in [7, 11) is -3.82. The van der Waals surface area contributed by atoms with Gasteiger partial charge in [-0.2, -0.15) is 0 Å². The molecule has 0 aliphatic rings. The van der Waals surface area contributed by atoms with Gasteiger partial charge in [-0.25, -0.2) is 17.9 Å². The van der Waals surface area contributed by atoms with Crippen molar-refractivity contribution in [3.8, 4) is 0 Å². The number of ether oxygens (including phenoxy) is 1. The summed E-state index contributed by atoms with van der Waals surface area (Å²) >= 11 is 11.7. The van der Waals surface area contributed by atoms with Gasteiger partial charge in [-0.05, 0) is 39.3 Å². The second kappa shape index (κ2) is 8.24. The van der Waals surface area contributed by atoms with Crippen molar-refractivity contribution in [3.05, 3.63) is 22.2 Å². The van der Waals surface area contributed by atoms with Crippen LogP contribution in [0.2, 0.25) is 10.0 Å². The minimum atomic E-state index is -3.82. The summed E-state index contributed by atoms with van der Waals surface area (Å²) in [6, 6.07) is 2.64. The number of carbonyl (C=O) groups excluding carboxylic acids is 1. The lowest BCUT2D eigenvalue weighted by molar-refractivity contribution is 0.0527. The summed E-state index contributed by atoms with van der Waals surface area (Å²) in [4.78, 5) is 11.3. The van der Waals surface area contributed by atoms with Crippen molar-refractivity contribution in [2.24, 2.45) is 0 Å². The van der Waals surface area contributed by atoms with E-state index in [1.54, 1.807) is 20.8 Å². The molecular weight excluding hydrogens is 377 g/mol. The van der Waals surface area contributed by atoms with Crippen LogP contribution >= 0.6 is 23.2 Å². The van der Waals surface area contributed by atoms with Gasteiger partial charge in [0, 0.05) is 13.1 Å². The van der Waals surface area contributed by atoms with Crippen molar-refractivity contribution < 1.29 is 17.9 Å². The Labute approximate surface area is 151 Å². The average Bonchev–Trinajstić information content (AvgIpc) is 2.42. The zero-order valence-corrected chi connectivity index (χ0v) is 16.0. The van der Waals surface area contributed by atoms with Crippen LogP contribution in [-0.2, 0) is 14.8 Å². The molecule has 136 valence electrons. The van der Waals surface area contributed by atoms with Crippen LogP contribution in [0.3, 0.4) is 0 Å². The van der Waals surface area contributed by atoms with E-state index in [0.717, 1.165) is 0 Å². The molecule has 0 saturated heterocycles. The number of anilines is 1. The number of nitrogens with one attached hydrogen (secondary N) is 2. The smallest absolute Gasteiger partial charge is 0.407 e. The topological polar surface area (TPSA) is 111 Å². The molecule has 0 unspecified atom stereocenters. The second-order valence-electron chi connectivity index (χ2n) is 5.95. The molecule has 1 aromatic rings. The van der Waals surface area contributed by atoms with E-state index in [1.165, 1.54) is 12.1 Å². The first-order valence-corrected chi connectivity index (χ1v) is 9.38. The summed E-state index contributed by atoms with van der Waals surface area (Å²) in [5.74, 6) is 0. The molecule has 0 radical (unpaired) electrons. The van der Waals surface area contributed by atoms with Crippen molar-refractivity contribution in [2.45, 2.75) is 37.7 Å². The number of sulfonamides is 1. The number of rotatable bonds is 6. The third-order valence-electron chi connectivity index (χ3n) is 2.69. The number of carbonyl (C=O) groups is 1. The molecule has 0 saturated carbocycles. The molecule has 0 fully saturated rings. The molecule has 1 rings (SSSR count). The molecule has 1 aromatic carbocycles. The maximum atomic E-state index is 12.2. The van der Waals surface area contributed by atoms with E-state index in [1.807, 2.05) is 0 Å². The highest BCUT2D eigenvalue weighted by atomic mass is 35.5. The van der Waals surface area contributed by atoms with Crippen LogP contribution in [0.1, 0.15) is 27.2 Å². The van der Waals surface area contributed by atoms with E-state index in [-0.39, 0.29) is 33.7 Å². The molecule has 0 aromatic heterocycles. The van der Waals surface area contributed by atoms with E-state index >= 15 is 0 Å². The highest BCUT2D eigenvalue weighted by molar-refractivity contribution is 7.89. The maximum absolute atomic E-state index is 12.2. The summed E-state index contributed by atoms with van der Waals surface area (Å²) in [6.45, 7) is 5.62. The molecule has 10 heteroatoms. The molecule has 0 atom stereocenters. The largest absolute Gasteiger partial charge is 0.444 e. The summed E-state index contributed by atoms with van der Waals surface area (Å²) < 4.78 is 31.8. The van der Waals surface area contributed by atoms with E-state index in [0.29, 0.717) is 6.42 Å². The maximum Gasteiger partial charge on any atom is 0.407 e. The molecule has 7 nitrogen and oxygen atoms in total. The van der Waals surface area contributed by atoms with E-state index in [4.69, 9.17) is 33.7 Å². The third-order valence-corrected chi connectivity index (χ3v) is 5.05. The fraction of sp³-hybridized carbons (Fsp3) is 0.500. The van der Waals surface area contributed by atoms with Crippen LogP contribution in [-0.4, -0.2) is 33.2 Å². The highest BCUT2D eigenvalue weighted by Gasteiger charge is 2.20. The van der Waals surface area contributed by atoms with Gasteiger partial charge in [0.2, 0.25) is 10.0 Å². The third kappa shape index (κ3) is 6.35. The Morgan fingerprint density at radius 1 is 1.25 bits per heavy atom. The summed E-state index contributed by atoms with van der Waals surface area (Å²) in [6.07, 6.45) is -0.182. The van der Waals surface area contributed by atoms with Crippen LogP contribution in [0.5, 0.6) is 0 Å². The van der Waals surface area contributed by atoms with E-state index in [2.05, 4.69) is 10.0 Å². The van der Waals surface area contributed by atoms with Gasteiger partial charge >= 0.3 is 6.09 Å². The first-order valence-electron chi connectivity index (χ1n) is 7.14. The number of nitrogen functional groups attached to an aromatic ring is 1. The van der Waals surface area contributed by atoms with Crippen LogP contribution in [0.25, 0.3) is 0 Å². The average molecular weight is 398 g/mol. The van der Waals surface area contributed by atoms with Crippen molar-refractivity contribution in [2.75, 3.05) is 18.8 Å². The summed E-state index contributed by atoms with van der Waals surface area (Å²) in [5.41, 5.74) is 5.04. The van der Waals surface area contributed by atoms with Crippen molar-refractivity contribution in [3.63, 3.8) is 0 Å². The highest BCUT2D eigenvalue weighted by Crippen LogP contribution is 2.32. The Kier molecular flexibility index (Phi) is 7.15. The first kappa shape index (κ1) is 20.8. The number of benzene rings is 1. The monoisotopic (exact) mass is 397 g/mol. The Balaban J connectivity index is 2.50. The lowest BCUT2D eigenvalue weighted by Crippen LogP contribution is -2.34. The lowest BCUT2D eigenvalue weighted by Gasteiger charge is -2.19. The zero-order chi connectivity index (χ0) is 18.5. The van der Waals surface area contributed by atoms with Crippen molar-refractivity contribution in [1.82, 2.24) is 10.0 Å². The molecule has 4 N–H and O–H groups in total. The minimum absolute atomic E-state index is 0.00722. The SMILES string of the molecule is CC(C)(C)OC(=O)NCCCNS(=O)(=O)c1ccc(Cl)c(N)c1Cl. The molecule has 0 spiro atoms. The van der Waals surface area contributed by atoms with Gasteiger partial charge in [-0.3, -0.25) is 0 Å². The fourth-order valence-electron chi connectivity index (χ4n) is 1.63. The molecule has 0 aliphatic carbocycles. The van der Waals surface area contributed by atoms with Gasteiger partial charge in [0.1, 0.15) is 10.5 Å². The first-order chi connectivity index (χ1) is 10.9. The molecule has 24 heavy (non-hydrogen) atoms. The Bertz CT molecular complexity index is 703. The number of hydrogen-bond acceptors (Lipinski definition) is 5. The number of nitrogens with two attached hydrogens (primary N) is 1. The molecule has 1 amide bonds. The van der Waals surface area contributed by atoms with Gasteiger partial charge in [-0.1, -0.05) is 23.2 Å². The van der Waals surface area contributed by atoms with Crippen LogP contribution < -0.4 is 15.8 Å². The molecule has 0 heterocycles. The Morgan fingerprint density at radius 3 is 2.46 bits per heavy atom. The lowest BCUT2D eigenvalue weighted by atomic mass is 10.2. The number of halogens is 2. The zero-order valence-electron chi connectivity index (χ0n) is 13.7.